The number of nitrogens with one attached hydrogen (secondary N) is 2. The third-order valence-corrected chi connectivity index (χ3v) is 3.83. The van der Waals surface area contributed by atoms with Crippen molar-refractivity contribution in [2.45, 2.75) is 6.42 Å². The van der Waals surface area contributed by atoms with Gasteiger partial charge < -0.3 is 15.5 Å². The van der Waals surface area contributed by atoms with Crippen LogP contribution in [0.4, 0.5) is 25.0 Å². The van der Waals surface area contributed by atoms with Gasteiger partial charge in [0.2, 0.25) is 0 Å². The molecule has 3 rings (SSSR count). The molecule has 0 fully saturated rings. The third kappa shape index (κ3) is 3.59. The number of hydrogen-bond donors (Lipinski definition) is 2. The zero-order chi connectivity index (χ0) is 16.2. The predicted octanol–water partition coefficient (Wildman–Crippen LogP) is 3.15. The number of anilines is 2. The molecule has 0 saturated carbocycles. The Labute approximate surface area is 133 Å². The van der Waals surface area contributed by atoms with E-state index in [1.807, 2.05) is 12.1 Å². The van der Waals surface area contributed by atoms with Crippen LogP contribution in [0, 0.1) is 11.6 Å². The standard InChI is InChI=1S/C17H17F2N3O/c18-14-6-5-13(11-15(14)19)21-17(23)20-8-10-22-9-7-12-3-1-2-4-16(12)22/h1-6,11H,7-10H2,(H2,20,21,23). The van der Waals surface area contributed by atoms with Crippen molar-refractivity contribution in [3.63, 3.8) is 0 Å². The van der Waals surface area contributed by atoms with Crippen LogP contribution in [-0.2, 0) is 6.42 Å². The van der Waals surface area contributed by atoms with Gasteiger partial charge in [-0.3, -0.25) is 0 Å². The maximum Gasteiger partial charge on any atom is 0.319 e. The lowest BCUT2D eigenvalue weighted by molar-refractivity contribution is 0.252. The molecule has 0 spiro atoms. The van der Waals surface area contributed by atoms with E-state index in [0.29, 0.717) is 13.1 Å². The van der Waals surface area contributed by atoms with Crippen LogP contribution in [-0.4, -0.2) is 25.7 Å². The number of carbonyl (C=O) groups excluding carboxylic acids is 1. The van der Waals surface area contributed by atoms with Gasteiger partial charge >= 0.3 is 6.03 Å². The summed E-state index contributed by atoms with van der Waals surface area (Å²) in [6, 6.07) is 11.0. The van der Waals surface area contributed by atoms with E-state index >= 15 is 0 Å². The van der Waals surface area contributed by atoms with E-state index in [9.17, 15) is 13.6 Å². The van der Waals surface area contributed by atoms with Gasteiger partial charge in [0, 0.05) is 37.1 Å². The molecule has 0 unspecified atom stereocenters. The Balaban J connectivity index is 1.47. The number of fused-ring (bicyclic) bond motifs is 1. The number of carbonyl (C=O) groups is 1. The van der Waals surface area contributed by atoms with Crippen molar-refractivity contribution in [1.82, 2.24) is 5.32 Å². The highest BCUT2D eigenvalue weighted by molar-refractivity contribution is 5.89. The first kappa shape index (κ1) is 15.3. The van der Waals surface area contributed by atoms with E-state index in [-0.39, 0.29) is 5.69 Å². The van der Waals surface area contributed by atoms with Gasteiger partial charge in [0.1, 0.15) is 0 Å². The SMILES string of the molecule is O=C(NCCN1CCc2ccccc21)Nc1ccc(F)c(F)c1. The van der Waals surface area contributed by atoms with Crippen molar-refractivity contribution in [2.24, 2.45) is 0 Å². The third-order valence-electron chi connectivity index (χ3n) is 3.83. The number of rotatable bonds is 4. The number of benzene rings is 2. The quantitative estimate of drug-likeness (QED) is 0.910. The summed E-state index contributed by atoms with van der Waals surface area (Å²) in [5, 5.41) is 5.19. The van der Waals surface area contributed by atoms with Gasteiger partial charge in [-0.15, -0.1) is 0 Å². The summed E-state index contributed by atoms with van der Waals surface area (Å²) in [5.74, 6) is -1.93. The summed E-state index contributed by atoms with van der Waals surface area (Å²) in [6.07, 6.45) is 1.01. The van der Waals surface area contributed by atoms with Crippen LogP contribution in [0.15, 0.2) is 42.5 Å². The number of para-hydroxylation sites is 1. The molecule has 1 heterocycles. The second-order valence-electron chi connectivity index (χ2n) is 5.38. The molecule has 0 atom stereocenters. The molecule has 23 heavy (non-hydrogen) atoms. The largest absolute Gasteiger partial charge is 0.369 e. The number of hydrogen-bond acceptors (Lipinski definition) is 2. The predicted molar refractivity (Wildman–Crippen MR) is 85.7 cm³/mol. The highest BCUT2D eigenvalue weighted by Crippen LogP contribution is 2.26. The molecule has 0 saturated heterocycles. The van der Waals surface area contributed by atoms with Crippen LogP contribution in [0.2, 0.25) is 0 Å². The Bertz CT molecular complexity index is 721. The minimum atomic E-state index is -0.989. The van der Waals surface area contributed by atoms with Gasteiger partial charge in [-0.25, -0.2) is 13.6 Å². The van der Waals surface area contributed by atoms with Gasteiger partial charge in [-0.1, -0.05) is 18.2 Å². The van der Waals surface area contributed by atoms with Crippen molar-refractivity contribution in [3.8, 4) is 0 Å². The van der Waals surface area contributed by atoms with Crippen molar-refractivity contribution < 1.29 is 13.6 Å². The van der Waals surface area contributed by atoms with Crippen molar-refractivity contribution in [2.75, 3.05) is 29.9 Å². The Hall–Kier alpha value is -2.63. The van der Waals surface area contributed by atoms with Gasteiger partial charge in [0.25, 0.3) is 0 Å². The average Bonchev–Trinajstić information content (AvgIpc) is 2.94. The van der Waals surface area contributed by atoms with Crippen molar-refractivity contribution in [1.29, 1.82) is 0 Å². The van der Waals surface area contributed by atoms with Gasteiger partial charge in [-0.05, 0) is 30.2 Å². The molecule has 2 aromatic rings. The molecule has 4 nitrogen and oxygen atoms in total. The highest BCUT2D eigenvalue weighted by Gasteiger charge is 2.17. The molecular formula is C17H17F2N3O. The molecule has 2 amide bonds. The number of urea groups is 1. The molecule has 6 heteroatoms. The number of halogens is 2. The first-order valence-corrected chi connectivity index (χ1v) is 7.46. The minimum Gasteiger partial charge on any atom is -0.369 e. The zero-order valence-corrected chi connectivity index (χ0v) is 12.5. The summed E-state index contributed by atoms with van der Waals surface area (Å²) in [6.45, 7) is 2.10. The topological polar surface area (TPSA) is 44.4 Å². The lowest BCUT2D eigenvalue weighted by Gasteiger charge is -2.19. The zero-order valence-electron chi connectivity index (χ0n) is 12.5. The molecule has 0 radical (unpaired) electrons. The maximum atomic E-state index is 13.1. The molecular weight excluding hydrogens is 300 g/mol. The fourth-order valence-corrected chi connectivity index (χ4v) is 2.69. The highest BCUT2D eigenvalue weighted by atomic mass is 19.2. The molecule has 0 bridgehead atoms. The minimum absolute atomic E-state index is 0.216. The molecule has 1 aliphatic heterocycles. The summed E-state index contributed by atoms with van der Waals surface area (Å²) < 4.78 is 25.9. The first-order chi connectivity index (χ1) is 11.1. The van der Waals surface area contributed by atoms with Crippen LogP contribution >= 0.6 is 0 Å². The van der Waals surface area contributed by atoms with Crippen molar-refractivity contribution in [3.05, 3.63) is 59.7 Å². The Morgan fingerprint density at radius 1 is 1.13 bits per heavy atom. The van der Waals surface area contributed by atoms with Crippen LogP contribution in [0.1, 0.15) is 5.56 Å². The second-order valence-corrected chi connectivity index (χ2v) is 5.38. The van der Waals surface area contributed by atoms with Gasteiger partial charge in [0.15, 0.2) is 11.6 Å². The summed E-state index contributed by atoms with van der Waals surface area (Å²) in [4.78, 5) is 14.0. The average molecular weight is 317 g/mol. The molecule has 2 N–H and O–H groups in total. The van der Waals surface area contributed by atoms with E-state index in [2.05, 4.69) is 27.7 Å². The fraction of sp³-hybridized carbons (Fsp3) is 0.235. The molecule has 0 aromatic heterocycles. The lowest BCUT2D eigenvalue weighted by atomic mass is 10.2. The number of amides is 2. The lowest BCUT2D eigenvalue weighted by Crippen LogP contribution is -2.36. The second kappa shape index (κ2) is 6.64. The van der Waals surface area contributed by atoms with E-state index in [4.69, 9.17) is 0 Å². The number of nitrogens with zero attached hydrogens (tertiary/aromatic N) is 1. The summed E-state index contributed by atoms with van der Waals surface area (Å²) >= 11 is 0. The van der Waals surface area contributed by atoms with Crippen LogP contribution in [0.25, 0.3) is 0 Å². The summed E-state index contributed by atoms with van der Waals surface area (Å²) in [7, 11) is 0. The molecule has 120 valence electrons. The smallest absolute Gasteiger partial charge is 0.319 e. The monoisotopic (exact) mass is 317 g/mol. The Kier molecular flexibility index (Phi) is 4.41. The van der Waals surface area contributed by atoms with E-state index in [1.54, 1.807) is 0 Å². The van der Waals surface area contributed by atoms with E-state index in [0.717, 1.165) is 25.1 Å². The van der Waals surface area contributed by atoms with Crippen molar-refractivity contribution >= 4 is 17.4 Å². The van der Waals surface area contributed by atoms with Crippen LogP contribution < -0.4 is 15.5 Å². The van der Waals surface area contributed by atoms with Gasteiger partial charge in [-0.2, -0.15) is 0 Å². The fourth-order valence-electron chi connectivity index (χ4n) is 2.69. The summed E-state index contributed by atoms with van der Waals surface area (Å²) in [5.41, 5.74) is 2.74. The van der Waals surface area contributed by atoms with Gasteiger partial charge in [0.05, 0.1) is 0 Å². The molecule has 1 aliphatic rings. The maximum absolute atomic E-state index is 13.1. The molecule has 2 aromatic carbocycles. The Morgan fingerprint density at radius 2 is 1.96 bits per heavy atom. The Morgan fingerprint density at radius 3 is 2.78 bits per heavy atom. The van der Waals surface area contributed by atoms with E-state index in [1.165, 1.54) is 17.3 Å². The van der Waals surface area contributed by atoms with Crippen LogP contribution in [0.3, 0.4) is 0 Å². The normalized spacial score (nSPS) is 12.9. The van der Waals surface area contributed by atoms with E-state index < -0.39 is 17.7 Å². The van der Waals surface area contributed by atoms with Crippen LogP contribution in [0.5, 0.6) is 0 Å². The molecule has 0 aliphatic carbocycles. The first-order valence-electron chi connectivity index (χ1n) is 7.46.